The van der Waals surface area contributed by atoms with Crippen molar-refractivity contribution in [3.05, 3.63) is 0 Å². The van der Waals surface area contributed by atoms with Crippen LogP contribution in [0.4, 0.5) is 0 Å². The van der Waals surface area contributed by atoms with Crippen LogP contribution >= 0.6 is 0 Å². The van der Waals surface area contributed by atoms with Crippen LogP contribution in [0.15, 0.2) is 0 Å². The maximum Gasteiger partial charge on any atom is 0.235 e. The van der Waals surface area contributed by atoms with Crippen LogP contribution in [0.3, 0.4) is 0 Å². The smallest absolute Gasteiger partial charge is 0.235 e. The lowest BCUT2D eigenvalue weighted by atomic mass is 9.92. The van der Waals surface area contributed by atoms with Crippen molar-refractivity contribution < 1.29 is 9.59 Å². The number of likely N-dealkylation sites (N-methyl/N-ethyl adjacent to an activating group) is 1. The first kappa shape index (κ1) is 14.5. The van der Waals surface area contributed by atoms with Crippen molar-refractivity contribution in [3.63, 3.8) is 0 Å². The molecule has 19 heavy (non-hydrogen) atoms. The summed E-state index contributed by atoms with van der Waals surface area (Å²) in [4.78, 5) is 25.8. The van der Waals surface area contributed by atoms with E-state index in [9.17, 15) is 9.59 Å². The summed E-state index contributed by atoms with van der Waals surface area (Å²) in [7, 11) is 0. The van der Waals surface area contributed by atoms with E-state index in [4.69, 9.17) is 0 Å². The Morgan fingerprint density at radius 1 is 1.32 bits per heavy atom. The molecule has 0 aromatic carbocycles. The third-order valence-corrected chi connectivity index (χ3v) is 4.53. The summed E-state index contributed by atoms with van der Waals surface area (Å²) >= 11 is 0. The van der Waals surface area contributed by atoms with Gasteiger partial charge in [0, 0.05) is 19.0 Å². The second-order valence-electron chi connectivity index (χ2n) is 6.58. The quantitative estimate of drug-likeness (QED) is 0.774. The van der Waals surface area contributed by atoms with Crippen molar-refractivity contribution in [1.82, 2.24) is 10.2 Å². The van der Waals surface area contributed by atoms with Gasteiger partial charge in [-0.05, 0) is 25.3 Å². The van der Waals surface area contributed by atoms with Crippen molar-refractivity contribution in [3.8, 4) is 0 Å². The molecule has 0 aromatic heterocycles. The highest BCUT2D eigenvalue weighted by atomic mass is 16.2. The monoisotopic (exact) mass is 266 g/mol. The van der Waals surface area contributed by atoms with Crippen molar-refractivity contribution >= 4 is 11.8 Å². The summed E-state index contributed by atoms with van der Waals surface area (Å²) in [5.41, 5.74) is -0.510. The van der Waals surface area contributed by atoms with E-state index < -0.39 is 5.41 Å². The first-order chi connectivity index (χ1) is 8.95. The number of imide groups is 1. The van der Waals surface area contributed by atoms with Crippen molar-refractivity contribution in [1.29, 1.82) is 0 Å². The van der Waals surface area contributed by atoms with Crippen LogP contribution in [0.5, 0.6) is 0 Å². The van der Waals surface area contributed by atoms with Gasteiger partial charge in [0.1, 0.15) is 0 Å². The fourth-order valence-corrected chi connectivity index (χ4v) is 3.41. The molecule has 1 N–H and O–H groups in total. The Morgan fingerprint density at radius 2 is 1.95 bits per heavy atom. The molecule has 1 saturated carbocycles. The van der Waals surface area contributed by atoms with Crippen LogP contribution < -0.4 is 5.32 Å². The summed E-state index contributed by atoms with van der Waals surface area (Å²) in [6, 6.07) is 0.272. The minimum atomic E-state index is -0.510. The molecule has 1 aliphatic heterocycles. The van der Waals surface area contributed by atoms with Crippen LogP contribution in [-0.2, 0) is 9.59 Å². The lowest BCUT2D eigenvalue weighted by Gasteiger charge is -2.28. The van der Waals surface area contributed by atoms with Gasteiger partial charge in [-0.1, -0.05) is 33.6 Å². The molecule has 4 nitrogen and oxygen atoms in total. The highest BCUT2D eigenvalue weighted by Gasteiger charge is 2.45. The van der Waals surface area contributed by atoms with Gasteiger partial charge >= 0.3 is 0 Å². The first-order valence-electron chi connectivity index (χ1n) is 7.54. The van der Waals surface area contributed by atoms with E-state index in [0.29, 0.717) is 18.9 Å². The first-order valence-corrected chi connectivity index (χ1v) is 7.54. The second kappa shape index (κ2) is 5.61. The minimum absolute atomic E-state index is 0.00148. The van der Waals surface area contributed by atoms with Crippen molar-refractivity contribution in [2.24, 2.45) is 11.3 Å². The number of likely N-dealkylation sites (tertiary alicyclic amines) is 1. The van der Waals surface area contributed by atoms with Gasteiger partial charge in [-0.3, -0.25) is 14.5 Å². The average molecular weight is 266 g/mol. The van der Waals surface area contributed by atoms with Crippen molar-refractivity contribution in [2.45, 2.75) is 58.9 Å². The Kier molecular flexibility index (Phi) is 4.29. The third kappa shape index (κ3) is 2.99. The zero-order valence-corrected chi connectivity index (χ0v) is 12.4. The molecule has 1 unspecified atom stereocenters. The van der Waals surface area contributed by atoms with E-state index in [1.807, 2.05) is 13.8 Å². The van der Waals surface area contributed by atoms with Crippen LogP contribution in [0.2, 0.25) is 0 Å². The maximum atomic E-state index is 12.3. The molecule has 0 bridgehead atoms. The molecular formula is C15H26N2O2. The number of carbonyl (C=O) groups excluding carboxylic acids is 2. The Labute approximate surface area is 115 Å². The molecule has 1 aliphatic carbocycles. The van der Waals surface area contributed by atoms with Gasteiger partial charge < -0.3 is 5.32 Å². The fraction of sp³-hybridized carbons (Fsp3) is 0.867. The van der Waals surface area contributed by atoms with Crippen molar-refractivity contribution in [2.75, 3.05) is 13.1 Å². The molecule has 2 fully saturated rings. The second-order valence-corrected chi connectivity index (χ2v) is 6.58. The van der Waals surface area contributed by atoms with E-state index >= 15 is 0 Å². The van der Waals surface area contributed by atoms with Crippen LogP contribution in [0, 0.1) is 11.3 Å². The zero-order valence-electron chi connectivity index (χ0n) is 12.4. The summed E-state index contributed by atoms with van der Waals surface area (Å²) in [6.07, 6.45) is 5.35. The fourth-order valence-electron chi connectivity index (χ4n) is 3.41. The number of hydrogen-bond donors (Lipinski definition) is 1. The number of nitrogens with one attached hydrogen (secondary N) is 1. The molecule has 1 heterocycles. The lowest BCUT2D eigenvalue weighted by molar-refractivity contribution is -0.141. The number of amides is 2. The Morgan fingerprint density at radius 3 is 2.42 bits per heavy atom. The Bertz CT molecular complexity index is 359. The van der Waals surface area contributed by atoms with E-state index in [0.717, 1.165) is 6.54 Å². The van der Waals surface area contributed by atoms with Gasteiger partial charge in [-0.25, -0.2) is 0 Å². The number of hydrogen-bond acceptors (Lipinski definition) is 3. The largest absolute Gasteiger partial charge is 0.312 e. The third-order valence-electron chi connectivity index (χ3n) is 4.53. The molecule has 2 rings (SSSR count). The molecule has 1 atom stereocenters. The summed E-state index contributed by atoms with van der Waals surface area (Å²) in [6.45, 7) is 7.26. The van der Waals surface area contributed by atoms with Gasteiger partial charge in [-0.15, -0.1) is 0 Å². The van der Waals surface area contributed by atoms with Gasteiger partial charge in [0.25, 0.3) is 0 Å². The molecule has 108 valence electrons. The minimum Gasteiger partial charge on any atom is -0.312 e. The summed E-state index contributed by atoms with van der Waals surface area (Å²) < 4.78 is 0. The highest BCUT2D eigenvalue weighted by molar-refractivity contribution is 6.05. The molecular weight excluding hydrogens is 240 g/mol. The molecule has 0 spiro atoms. The number of rotatable bonds is 5. The van der Waals surface area contributed by atoms with Crippen LogP contribution in [0.1, 0.15) is 52.9 Å². The van der Waals surface area contributed by atoms with Crippen LogP contribution in [-0.4, -0.2) is 35.8 Å². The highest BCUT2D eigenvalue weighted by Crippen LogP contribution is 2.33. The average Bonchev–Trinajstić information content (AvgIpc) is 2.91. The summed E-state index contributed by atoms with van der Waals surface area (Å²) in [5, 5.41) is 3.47. The van der Waals surface area contributed by atoms with Gasteiger partial charge in [0.15, 0.2) is 0 Å². The maximum absolute atomic E-state index is 12.3. The molecule has 0 radical (unpaired) electrons. The number of carbonyl (C=O) groups is 2. The SMILES string of the molecule is CCNC(CN1C(=O)CC(C)(C)C1=O)C1CCCC1. The standard InChI is InChI=1S/C15H26N2O2/c1-4-16-12(11-7-5-6-8-11)10-17-13(18)9-15(2,3)14(17)19/h11-12,16H,4-10H2,1-3H3. The Hall–Kier alpha value is -0.900. The molecule has 4 heteroatoms. The predicted octanol–water partition coefficient (Wildman–Crippen LogP) is 1.94. The van der Waals surface area contributed by atoms with Gasteiger partial charge in [0.2, 0.25) is 11.8 Å². The molecule has 1 saturated heterocycles. The molecule has 0 aromatic rings. The van der Waals surface area contributed by atoms with Gasteiger partial charge in [-0.2, -0.15) is 0 Å². The van der Waals surface area contributed by atoms with Gasteiger partial charge in [0.05, 0.1) is 5.41 Å². The van der Waals surface area contributed by atoms with Crippen LogP contribution in [0.25, 0.3) is 0 Å². The molecule has 2 amide bonds. The topological polar surface area (TPSA) is 49.4 Å². The summed E-state index contributed by atoms with van der Waals surface area (Å²) in [5.74, 6) is 0.610. The zero-order chi connectivity index (χ0) is 14.0. The van der Waals surface area contributed by atoms with E-state index in [1.54, 1.807) is 0 Å². The van der Waals surface area contributed by atoms with E-state index in [2.05, 4.69) is 12.2 Å². The normalized spacial score (nSPS) is 25.3. The van der Waals surface area contributed by atoms with E-state index in [-0.39, 0.29) is 17.9 Å². The Balaban J connectivity index is 2.04. The van der Waals surface area contributed by atoms with E-state index in [1.165, 1.54) is 30.6 Å². The predicted molar refractivity (Wildman–Crippen MR) is 74.5 cm³/mol. The molecule has 2 aliphatic rings. The lowest BCUT2D eigenvalue weighted by Crippen LogP contribution is -2.47. The number of nitrogens with zero attached hydrogens (tertiary/aromatic N) is 1.